The normalized spacial score (nSPS) is 9.47. The SMILES string of the molecule is CN(C)C(=N)N(C)C.CN=Cc1ccccn1. The summed E-state index contributed by atoms with van der Waals surface area (Å²) in [4.78, 5) is 11.3. The molecule has 0 saturated heterocycles. The van der Waals surface area contributed by atoms with Crippen LogP contribution >= 0.6 is 0 Å². The molecule has 0 aliphatic carbocycles. The Bertz CT molecular complexity index is 333. The molecule has 1 heterocycles. The molecule has 0 aliphatic heterocycles. The fourth-order valence-corrected chi connectivity index (χ4v) is 0.985. The topological polar surface area (TPSA) is 55.6 Å². The first-order chi connectivity index (χ1) is 7.99. The molecule has 0 fully saturated rings. The van der Waals surface area contributed by atoms with Crippen LogP contribution in [-0.2, 0) is 0 Å². The number of hydrogen-bond donors (Lipinski definition) is 1. The van der Waals surface area contributed by atoms with Gasteiger partial charge >= 0.3 is 0 Å². The van der Waals surface area contributed by atoms with Crippen LogP contribution in [0.25, 0.3) is 0 Å². The lowest BCUT2D eigenvalue weighted by Gasteiger charge is -2.19. The van der Waals surface area contributed by atoms with E-state index in [1.54, 1.807) is 29.3 Å². The van der Waals surface area contributed by atoms with Gasteiger partial charge in [0.25, 0.3) is 0 Å². The Labute approximate surface area is 103 Å². The molecule has 1 aromatic heterocycles. The van der Waals surface area contributed by atoms with Crippen molar-refractivity contribution in [2.24, 2.45) is 4.99 Å². The smallest absolute Gasteiger partial charge is 0.192 e. The lowest BCUT2D eigenvalue weighted by Crippen LogP contribution is -2.34. The molecular weight excluding hydrogens is 214 g/mol. The van der Waals surface area contributed by atoms with Crippen LogP contribution in [-0.4, -0.2) is 62.2 Å². The van der Waals surface area contributed by atoms with E-state index in [2.05, 4.69) is 9.98 Å². The van der Waals surface area contributed by atoms with E-state index in [-0.39, 0.29) is 0 Å². The second kappa shape index (κ2) is 8.27. The largest absolute Gasteiger partial charge is 0.349 e. The first-order valence-corrected chi connectivity index (χ1v) is 5.25. The molecule has 5 heteroatoms. The highest BCUT2D eigenvalue weighted by Crippen LogP contribution is 1.86. The van der Waals surface area contributed by atoms with E-state index in [0.29, 0.717) is 5.96 Å². The summed E-state index contributed by atoms with van der Waals surface area (Å²) in [7, 11) is 9.13. The van der Waals surface area contributed by atoms with E-state index < -0.39 is 0 Å². The van der Waals surface area contributed by atoms with Gasteiger partial charge in [0, 0.05) is 47.6 Å². The van der Waals surface area contributed by atoms with Gasteiger partial charge in [-0.3, -0.25) is 15.4 Å². The Morgan fingerprint density at radius 3 is 2.12 bits per heavy atom. The minimum atomic E-state index is 0.519. The molecule has 0 aromatic carbocycles. The van der Waals surface area contributed by atoms with E-state index in [1.165, 1.54) is 0 Å². The van der Waals surface area contributed by atoms with Crippen LogP contribution in [0.1, 0.15) is 5.69 Å². The predicted molar refractivity (Wildman–Crippen MR) is 72.9 cm³/mol. The summed E-state index contributed by atoms with van der Waals surface area (Å²) in [5.41, 5.74) is 0.903. The van der Waals surface area contributed by atoms with E-state index in [4.69, 9.17) is 5.41 Å². The van der Waals surface area contributed by atoms with Gasteiger partial charge in [0.1, 0.15) is 0 Å². The average molecular weight is 235 g/mol. The minimum absolute atomic E-state index is 0.519. The average Bonchev–Trinajstić information content (AvgIpc) is 2.30. The van der Waals surface area contributed by atoms with Crippen LogP contribution in [0.2, 0.25) is 0 Å². The summed E-state index contributed by atoms with van der Waals surface area (Å²) in [6.45, 7) is 0. The molecule has 0 amide bonds. The van der Waals surface area contributed by atoms with Gasteiger partial charge in [-0.15, -0.1) is 0 Å². The Hall–Kier alpha value is -1.91. The number of nitrogens with zero attached hydrogens (tertiary/aromatic N) is 4. The molecule has 0 radical (unpaired) electrons. The van der Waals surface area contributed by atoms with E-state index >= 15 is 0 Å². The second-order valence-electron chi connectivity index (χ2n) is 3.75. The van der Waals surface area contributed by atoms with Crippen molar-refractivity contribution in [3.63, 3.8) is 0 Å². The number of nitrogens with one attached hydrogen (secondary N) is 1. The Morgan fingerprint density at radius 1 is 1.24 bits per heavy atom. The zero-order chi connectivity index (χ0) is 13.3. The van der Waals surface area contributed by atoms with Crippen molar-refractivity contribution in [3.05, 3.63) is 30.1 Å². The van der Waals surface area contributed by atoms with Crippen molar-refractivity contribution in [3.8, 4) is 0 Å². The number of hydrogen-bond acceptors (Lipinski definition) is 3. The molecule has 0 saturated carbocycles. The summed E-state index contributed by atoms with van der Waals surface area (Å²) in [5, 5.41) is 7.25. The molecule has 94 valence electrons. The Kier molecular flexibility index (Phi) is 7.34. The highest BCUT2D eigenvalue weighted by atomic mass is 15.3. The maximum atomic E-state index is 7.25. The molecule has 0 atom stereocenters. The second-order valence-corrected chi connectivity index (χ2v) is 3.75. The number of aromatic nitrogens is 1. The van der Waals surface area contributed by atoms with Crippen molar-refractivity contribution < 1.29 is 0 Å². The summed E-state index contributed by atoms with van der Waals surface area (Å²) in [6, 6.07) is 5.73. The summed E-state index contributed by atoms with van der Waals surface area (Å²) < 4.78 is 0. The number of rotatable bonds is 1. The van der Waals surface area contributed by atoms with E-state index in [1.807, 2.05) is 46.4 Å². The molecule has 0 spiro atoms. The van der Waals surface area contributed by atoms with Crippen LogP contribution in [0.4, 0.5) is 0 Å². The number of aliphatic imine (C=N–C) groups is 1. The molecule has 0 bridgehead atoms. The Morgan fingerprint density at radius 2 is 1.82 bits per heavy atom. The minimum Gasteiger partial charge on any atom is -0.349 e. The molecule has 0 aliphatic rings. The molecule has 1 N–H and O–H groups in total. The third-order valence-corrected chi connectivity index (χ3v) is 1.80. The van der Waals surface area contributed by atoms with Gasteiger partial charge in [0.05, 0.1) is 5.69 Å². The quantitative estimate of drug-likeness (QED) is 0.587. The lowest BCUT2D eigenvalue weighted by atomic mass is 10.4. The summed E-state index contributed by atoms with van der Waals surface area (Å²) in [5.74, 6) is 0.519. The monoisotopic (exact) mass is 235 g/mol. The molecule has 1 rings (SSSR count). The standard InChI is InChI=1S/C7H8N2.C5H13N3/c1-8-6-7-4-2-3-5-9-7;1-7(2)5(6)8(3)4/h2-6H,1H3;6H,1-4H3. The maximum Gasteiger partial charge on any atom is 0.192 e. The van der Waals surface area contributed by atoms with Crippen LogP contribution in [0.5, 0.6) is 0 Å². The third-order valence-electron chi connectivity index (χ3n) is 1.80. The zero-order valence-electron chi connectivity index (χ0n) is 11.2. The van der Waals surface area contributed by atoms with Crippen LogP contribution in [0.3, 0.4) is 0 Å². The molecular formula is C12H21N5. The summed E-state index contributed by atoms with van der Waals surface area (Å²) in [6.07, 6.45) is 3.47. The molecule has 17 heavy (non-hydrogen) atoms. The third kappa shape index (κ3) is 7.05. The van der Waals surface area contributed by atoms with Crippen LogP contribution in [0.15, 0.2) is 29.4 Å². The van der Waals surface area contributed by atoms with Gasteiger partial charge in [-0.1, -0.05) is 6.07 Å². The number of guanidine groups is 1. The molecule has 5 nitrogen and oxygen atoms in total. The highest BCUT2D eigenvalue weighted by molar-refractivity contribution is 5.76. The van der Waals surface area contributed by atoms with Gasteiger partial charge < -0.3 is 9.80 Å². The van der Waals surface area contributed by atoms with E-state index in [0.717, 1.165) is 5.69 Å². The first-order valence-electron chi connectivity index (χ1n) is 5.25. The molecule has 1 aromatic rings. The van der Waals surface area contributed by atoms with E-state index in [9.17, 15) is 0 Å². The molecule has 0 unspecified atom stereocenters. The Balaban J connectivity index is 0.000000304. The zero-order valence-corrected chi connectivity index (χ0v) is 11.2. The van der Waals surface area contributed by atoms with Gasteiger partial charge in [-0.25, -0.2) is 0 Å². The van der Waals surface area contributed by atoms with Crippen molar-refractivity contribution >= 4 is 12.2 Å². The van der Waals surface area contributed by atoms with Crippen LogP contribution in [0, 0.1) is 5.41 Å². The lowest BCUT2D eigenvalue weighted by molar-refractivity contribution is 0.478. The first kappa shape index (κ1) is 15.1. The highest BCUT2D eigenvalue weighted by Gasteiger charge is 1.97. The maximum absolute atomic E-state index is 7.25. The van der Waals surface area contributed by atoms with Crippen LogP contribution < -0.4 is 0 Å². The fourth-order valence-electron chi connectivity index (χ4n) is 0.985. The van der Waals surface area contributed by atoms with Crippen molar-refractivity contribution in [2.75, 3.05) is 35.2 Å². The van der Waals surface area contributed by atoms with Crippen molar-refractivity contribution in [1.82, 2.24) is 14.8 Å². The predicted octanol–water partition coefficient (Wildman–Crippen LogP) is 1.17. The van der Waals surface area contributed by atoms with Gasteiger partial charge in [-0.05, 0) is 12.1 Å². The number of pyridine rings is 1. The fraction of sp³-hybridized carbons (Fsp3) is 0.417. The van der Waals surface area contributed by atoms with Crippen molar-refractivity contribution in [2.45, 2.75) is 0 Å². The van der Waals surface area contributed by atoms with Gasteiger partial charge in [-0.2, -0.15) is 0 Å². The van der Waals surface area contributed by atoms with Gasteiger partial charge in [0.2, 0.25) is 0 Å². The van der Waals surface area contributed by atoms with Crippen molar-refractivity contribution in [1.29, 1.82) is 5.41 Å². The van der Waals surface area contributed by atoms with Gasteiger partial charge in [0.15, 0.2) is 5.96 Å². The summed E-state index contributed by atoms with van der Waals surface area (Å²) >= 11 is 0.